The zero-order valence-electron chi connectivity index (χ0n) is 12.5. The number of rotatable bonds is 4. The number of benzene rings is 1. The summed E-state index contributed by atoms with van der Waals surface area (Å²) in [7, 11) is -1.73. The Kier molecular flexibility index (Phi) is 4.50. The van der Waals surface area contributed by atoms with Crippen molar-refractivity contribution in [1.82, 2.24) is 0 Å². The van der Waals surface area contributed by atoms with Crippen LogP contribution in [0.3, 0.4) is 0 Å². The van der Waals surface area contributed by atoms with Crippen LogP contribution in [0, 0.1) is 0 Å². The lowest BCUT2D eigenvalue weighted by molar-refractivity contribution is 0.340. The molecule has 0 heterocycles. The Morgan fingerprint density at radius 1 is 1.26 bits per heavy atom. The molecular weight excluding hydrogens is 262 g/mol. The van der Waals surface area contributed by atoms with Crippen LogP contribution in [0.15, 0.2) is 18.2 Å². The van der Waals surface area contributed by atoms with Gasteiger partial charge in [0.05, 0.1) is 18.6 Å². The van der Waals surface area contributed by atoms with E-state index in [2.05, 4.69) is 20.8 Å². The van der Waals surface area contributed by atoms with Crippen LogP contribution in [0.4, 0.5) is 5.69 Å². The smallest absolute Gasteiger partial charge is 0.232 e. The van der Waals surface area contributed by atoms with Gasteiger partial charge in [-0.15, -0.1) is 0 Å². The standard InChI is InChI=1S/C14H23NO3S/c1-7-18-11-8-9-12(14(2,3)4)13(10-11)15(5)19(6,16)17/h8-10H,7H2,1-6H3. The van der Waals surface area contributed by atoms with E-state index in [4.69, 9.17) is 4.74 Å². The topological polar surface area (TPSA) is 46.6 Å². The Morgan fingerprint density at radius 3 is 2.26 bits per heavy atom. The first-order chi connectivity index (χ1) is 8.57. The second-order valence-corrected chi connectivity index (χ2v) is 7.61. The number of hydrogen-bond acceptors (Lipinski definition) is 3. The second-order valence-electron chi connectivity index (χ2n) is 5.59. The second kappa shape index (κ2) is 5.41. The number of nitrogens with zero attached hydrogens (tertiary/aromatic N) is 1. The molecule has 0 bridgehead atoms. The first-order valence-electron chi connectivity index (χ1n) is 6.28. The highest BCUT2D eigenvalue weighted by Gasteiger charge is 2.24. The fourth-order valence-corrected chi connectivity index (χ4v) is 2.35. The zero-order valence-corrected chi connectivity index (χ0v) is 13.3. The summed E-state index contributed by atoms with van der Waals surface area (Å²) >= 11 is 0. The van der Waals surface area contributed by atoms with Gasteiger partial charge in [0.25, 0.3) is 0 Å². The van der Waals surface area contributed by atoms with Gasteiger partial charge in [0.2, 0.25) is 10.0 Å². The maximum absolute atomic E-state index is 11.8. The first-order valence-corrected chi connectivity index (χ1v) is 8.13. The largest absolute Gasteiger partial charge is 0.494 e. The molecule has 0 saturated carbocycles. The van der Waals surface area contributed by atoms with Gasteiger partial charge in [0.1, 0.15) is 5.75 Å². The fourth-order valence-electron chi connectivity index (χ4n) is 1.84. The van der Waals surface area contributed by atoms with Crippen molar-refractivity contribution >= 4 is 15.7 Å². The molecule has 4 nitrogen and oxygen atoms in total. The summed E-state index contributed by atoms with van der Waals surface area (Å²) < 4.78 is 30.3. The summed E-state index contributed by atoms with van der Waals surface area (Å²) in [6, 6.07) is 5.59. The predicted octanol–water partition coefficient (Wildman–Crippen LogP) is 2.78. The molecule has 0 atom stereocenters. The van der Waals surface area contributed by atoms with Gasteiger partial charge in [-0.3, -0.25) is 4.31 Å². The van der Waals surface area contributed by atoms with Gasteiger partial charge in [-0.2, -0.15) is 0 Å². The minimum absolute atomic E-state index is 0.140. The number of sulfonamides is 1. The molecule has 1 aromatic carbocycles. The molecule has 0 N–H and O–H groups in total. The maximum atomic E-state index is 11.8. The molecule has 0 aliphatic carbocycles. The highest BCUT2D eigenvalue weighted by Crippen LogP contribution is 2.35. The number of ether oxygens (including phenoxy) is 1. The molecule has 0 aromatic heterocycles. The van der Waals surface area contributed by atoms with Crippen LogP contribution < -0.4 is 9.04 Å². The molecule has 19 heavy (non-hydrogen) atoms. The quantitative estimate of drug-likeness (QED) is 0.854. The molecule has 1 aromatic rings. The van der Waals surface area contributed by atoms with Gasteiger partial charge >= 0.3 is 0 Å². The monoisotopic (exact) mass is 285 g/mol. The molecule has 0 amide bonds. The van der Waals surface area contributed by atoms with Crippen molar-refractivity contribution in [3.63, 3.8) is 0 Å². The zero-order chi connectivity index (χ0) is 14.8. The lowest BCUT2D eigenvalue weighted by Crippen LogP contribution is -2.28. The first kappa shape index (κ1) is 15.8. The molecule has 108 valence electrons. The van der Waals surface area contributed by atoms with Crippen LogP contribution >= 0.6 is 0 Å². The molecule has 5 heteroatoms. The Hall–Kier alpha value is -1.23. The Bertz CT molecular complexity index is 544. The van der Waals surface area contributed by atoms with Crippen LogP contribution in [-0.4, -0.2) is 28.3 Å². The van der Waals surface area contributed by atoms with E-state index in [1.165, 1.54) is 10.6 Å². The molecule has 0 spiro atoms. The third kappa shape index (κ3) is 3.86. The molecule has 0 radical (unpaired) electrons. The summed E-state index contributed by atoms with van der Waals surface area (Å²) in [5.74, 6) is 0.681. The molecule has 1 rings (SSSR count). The van der Waals surface area contributed by atoms with Gasteiger partial charge in [0.15, 0.2) is 0 Å². The molecule has 0 aliphatic heterocycles. The van der Waals surface area contributed by atoms with Crippen molar-refractivity contribution in [1.29, 1.82) is 0 Å². The highest BCUT2D eigenvalue weighted by molar-refractivity contribution is 7.92. The lowest BCUT2D eigenvalue weighted by Gasteiger charge is -2.28. The predicted molar refractivity (Wildman–Crippen MR) is 79.6 cm³/mol. The van der Waals surface area contributed by atoms with Gasteiger partial charge in [0, 0.05) is 13.1 Å². The summed E-state index contributed by atoms with van der Waals surface area (Å²) in [5.41, 5.74) is 1.50. The van der Waals surface area contributed by atoms with Gasteiger partial charge in [-0.1, -0.05) is 26.8 Å². The summed E-state index contributed by atoms with van der Waals surface area (Å²) in [6.45, 7) is 8.63. The van der Waals surface area contributed by atoms with Crippen molar-refractivity contribution in [2.45, 2.75) is 33.1 Å². The molecular formula is C14H23NO3S. The van der Waals surface area contributed by atoms with E-state index in [0.29, 0.717) is 18.0 Å². The molecule has 0 saturated heterocycles. The van der Waals surface area contributed by atoms with Crippen molar-refractivity contribution < 1.29 is 13.2 Å². The summed E-state index contributed by atoms with van der Waals surface area (Å²) in [4.78, 5) is 0. The van der Waals surface area contributed by atoms with Crippen molar-refractivity contribution in [3.05, 3.63) is 23.8 Å². The lowest BCUT2D eigenvalue weighted by atomic mass is 9.85. The van der Waals surface area contributed by atoms with Crippen LogP contribution in [0.1, 0.15) is 33.3 Å². The van der Waals surface area contributed by atoms with Gasteiger partial charge in [-0.05, 0) is 24.0 Å². The summed E-state index contributed by atoms with van der Waals surface area (Å²) in [6.07, 6.45) is 1.20. The van der Waals surface area contributed by atoms with E-state index >= 15 is 0 Å². The highest BCUT2D eigenvalue weighted by atomic mass is 32.2. The third-order valence-corrected chi connectivity index (χ3v) is 4.12. The average molecular weight is 285 g/mol. The van der Waals surface area contributed by atoms with Gasteiger partial charge in [-0.25, -0.2) is 8.42 Å². The molecule has 0 fully saturated rings. The Labute approximate surface area is 116 Å². The molecule has 0 aliphatic rings. The van der Waals surface area contributed by atoms with Gasteiger partial charge < -0.3 is 4.74 Å². The van der Waals surface area contributed by atoms with Crippen molar-refractivity contribution in [2.75, 3.05) is 24.2 Å². The SMILES string of the molecule is CCOc1ccc(C(C)(C)C)c(N(C)S(C)(=O)=O)c1. The van der Waals surface area contributed by atoms with E-state index in [0.717, 1.165) is 5.56 Å². The number of hydrogen-bond donors (Lipinski definition) is 0. The fraction of sp³-hybridized carbons (Fsp3) is 0.571. The van der Waals surface area contributed by atoms with Crippen molar-refractivity contribution in [3.8, 4) is 5.75 Å². The van der Waals surface area contributed by atoms with Crippen LogP contribution in [0.25, 0.3) is 0 Å². The van der Waals surface area contributed by atoms with Crippen molar-refractivity contribution in [2.24, 2.45) is 0 Å². The number of anilines is 1. The maximum Gasteiger partial charge on any atom is 0.232 e. The summed E-state index contributed by atoms with van der Waals surface area (Å²) in [5, 5.41) is 0. The van der Waals surface area contributed by atoms with E-state index in [1.54, 1.807) is 13.1 Å². The Balaban J connectivity index is 3.42. The molecule has 0 unspecified atom stereocenters. The van der Waals surface area contributed by atoms with E-state index in [1.807, 2.05) is 19.1 Å². The van der Waals surface area contributed by atoms with Crippen LogP contribution in [-0.2, 0) is 15.4 Å². The third-order valence-electron chi connectivity index (χ3n) is 2.92. The minimum atomic E-state index is -3.29. The van der Waals surface area contributed by atoms with Crippen LogP contribution in [0.2, 0.25) is 0 Å². The van der Waals surface area contributed by atoms with Crippen LogP contribution in [0.5, 0.6) is 5.75 Å². The normalized spacial score (nSPS) is 12.3. The van der Waals surface area contributed by atoms with E-state index < -0.39 is 10.0 Å². The van der Waals surface area contributed by atoms with E-state index in [-0.39, 0.29) is 5.41 Å². The van der Waals surface area contributed by atoms with E-state index in [9.17, 15) is 8.42 Å². The Morgan fingerprint density at radius 2 is 1.84 bits per heavy atom. The average Bonchev–Trinajstić information content (AvgIpc) is 2.25. The minimum Gasteiger partial charge on any atom is -0.494 e.